The Balaban J connectivity index is 1.59. The van der Waals surface area contributed by atoms with Crippen molar-refractivity contribution in [3.05, 3.63) is 77.9 Å². The third-order valence-electron chi connectivity index (χ3n) is 5.07. The van der Waals surface area contributed by atoms with Crippen molar-refractivity contribution in [2.24, 2.45) is 0 Å². The van der Waals surface area contributed by atoms with Gasteiger partial charge in [-0.05, 0) is 43.7 Å². The number of rotatable bonds is 6. The normalized spacial score (nSPS) is 11.8. The molecule has 0 spiro atoms. The van der Waals surface area contributed by atoms with Gasteiger partial charge in [-0.25, -0.2) is 22.8 Å². The van der Waals surface area contributed by atoms with E-state index in [9.17, 15) is 17.6 Å². The van der Waals surface area contributed by atoms with E-state index >= 15 is 0 Å². The molecule has 2 N–H and O–H groups in total. The zero-order valence-electron chi connectivity index (χ0n) is 17.5. The molecule has 7 nitrogen and oxygen atoms in total. The van der Waals surface area contributed by atoms with E-state index in [1.807, 2.05) is 0 Å². The first-order valence-electron chi connectivity index (χ1n) is 9.97. The number of aromatic nitrogens is 3. The van der Waals surface area contributed by atoms with Crippen LogP contribution in [0.15, 0.2) is 65.8 Å². The average molecular weight is 453 g/mol. The zero-order chi connectivity index (χ0) is 22.9. The molecule has 9 heteroatoms. The van der Waals surface area contributed by atoms with Gasteiger partial charge in [-0.3, -0.25) is 4.79 Å². The highest BCUT2D eigenvalue weighted by Crippen LogP contribution is 2.24. The van der Waals surface area contributed by atoms with E-state index < -0.39 is 15.1 Å². The number of carbonyl (C=O) groups is 1. The van der Waals surface area contributed by atoms with E-state index in [0.717, 1.165) is 0 Å². The predicted molar refractivity (Wildman–Crippen MR) is 119 cm³/mol. The fourth-order valence-electron chi connectivity index (χ4n) is 3.22. The molecule has 0 aliphatic carbocycles. The maximum atomic E-state index is 13.3. The van der Waals surface area contributed by atoms with Gasteiger partial charge in [-0.1, -0.05) is 24.3 Å². The fraction of sp³-hybridized carbons (Fsp3) is 0.174. The second kappa shape index (κ2) is 8.51. The minimum atomic E-state index is -3.37. The Morgan fingerprint density at radius 1 is 1.16 bits per heavy atom. The van der Waals surface area contributed by atoms with Crippen LogP contribution in [0.2, 0.25) is 0 Å². The van der Waals surface area contributed by atoms with Gasteiger partial charge in [0.2, 0.25) is 0 Å². The van der Waals surface area contributed by atoms with Crippen LogP contribution in [0.1, 0.15) is 29.8 Å². The number of hydrogen-bond acceptors (Lipinski definition) is 5. The van der Waals surface area contributed by atoms with Gasteiger partial charge in [-0.2, -0.15) is 0 Å². The molecule has 2 heterocycles. The molecule has 0 saturated carbocycles. The first-order chi connectivity index (χ1) is 15.3. The van der Waals surface area contributed by atoms with Crippen LogP contribution in [0.5, 0.6) is 0 Å². The Kier molecular flexibility index (Phi) is 5.75. The Hall–Kier alpha value is -3.59. The van der Waals surface area contributed by atoms with Crippen molar-refractivity contribution < 1.29 is 17.6 Å². The molecule has 0 atom stereocenters. The van der Waals surface area contributed by atoms with Gasteiger partial charge in [0.25, 0.3) is 5.91 Å². The molecule has 2 aromatic heterocycles. The van der Waals surface area contributed by atoms with E-state index in [1.165, 1.54) is 18.3 Å². The minimum absolute atomic E-state index is 0.169. The lowest BCUT2D eigenvalue weighted by Gasteiger charge is -2.08. The summed E-state index contributed by atoms with van der Waals surface area (Å²) in [6.07, 6.45) is 3.08. The van der Waals surface area contributed by atoms with Crippen LogP contribution >= 0.6 is 0 Å². The van der Waals surface area contributed by atoms with Gasteiger partial charge in [0.1, 0.15) is 11.3 Å². The zero-order valence-corrected chi connectivity index (χ0v) is 18.3. The smallest absolute Gasteiger partial charge is 0.255 e. The fourth-order valence-corrected chi connectivity index (χ4v) is 4.28. The van der Waals surface area contributed by atoms with Crippen molar-refractivity contribution in [2.75, 3.05) is 0 Å². The molecule has 0 bridgehead atoms. The van der Waals surface area contributed by atoms with Crippen molar-refractivity contribution in [1.29, 1.82) is 0 Å². The van der Waals surface area contributed by atoms with E-state index in [0.29, 0.717) is 33.5 Å². The highest BCUT2D eigenvalue weighted by Gasteiger charge is 2.19. The lowest BCUT2D eigenvalue weighted by molar-refractivity contribution is 0.0952. The molecule has 0 aliphatic heterocycles. The van der Waals surface area contributed by atoms with Crippen LogP contribution in [0, 0.1) is 5.82 Å². The Bertz CT molecular complexity index is 1400. The number of nitrogens with one attached hydrogen (secondary N) is 2. The third-order valence-corrected chi connectivity index (χ3v) is 7.24. The standard InChI is InChI=1S/C23H21FN4O3S/c1-14(2)32(30,31)18-8-6-16(7-9-18)20-13-26-22-21(28-20)19(12-25-22)23(29)27-11-15-4-3-5-17(24)10-15/h3-10,12-14H,11H2,1-2H3,(H,25,26)(H,27,29). The number of benzene rings is 2. The van der Waals surface area contributed by atoms with Crippen LogP contribution < -0.4 is 5.32 Å². The summed E-state index contributed by atoms with van der Waals surface area (Å²) in [4.78, 5) is 24.7. The molecule has 0 radical (unpaired) electrons. The monoisotopic (exact) mass is 452 g/mol. The third kappa shape index (κ3) is 4.24. The van der Waals surface area contributed by atoms with Gasteiger partial charge in [-0.15, -0.1) is 0 Å². The first kappa shape index (κ1) is 21.6. The molecule has 164 valence electrons. The Labute approximate surface area is 184 Å². The summed E-state index contributed by atoms with van der Waals surface area (Å²) in [5.74, 6) is -0.739. The number of halogens is 1. The van der Waals surface area contributed by atoms with Gasteiger partial charge in [0.05, 0.1) is 27.6 Å². The maximum absolute atomic E-state index is 13.3. The minimum Gasteiger partial charge on any atom is -0.348 e. The molecule has 0 fully saturated rings. The van der Waals surface area contributed by atoms with Crippen molar-refractivity contribution in [2.45, 2.75) is 30.5 Å². The second-order valence-electron chi connectivity index (χ2n) is 7.59. The highest BCUT2D eigenvalue weighted by molar-refractivity contribution is 7.92. The van der Waals surface area contributed by atoms with Crippen molar-refractivity contribution in [1.82, 2.24) is 20.3 Å². The van der Waals surface area contributed by atoms with Crippen molar-refractivity contribution >= 4 is 26.9 Å². The highest BCUT2D eigenvalue weighted by atomic mass is 32.2. The molecular formula is C23H21FN4O3S. The Morgan fingerprint density at radius 3 is 2.59 bits per heavy atom. The van der Waals surface area contributed by atoms with Crippen LogP contribution in [0.3, 0.4) is 0 Å². The SMILES string of the molecule is CC(C)S(=O)(=O)c1ccc(-c2cnc3[nH]cc(C(=O)NCc4cccc(F)c4)c3n2)cc1. The molecule has 0 aliphatic rings. The maximum Gasteiger partial charge on any atom is 0.255 e. The van der Waals surface area contributed by atoms with Crippen LogP contribution in [0.25, 0.3) is 22.4 Å². The number of H-pyrrole nitrogens is 1. The van der Waals surface area contributed by atoms with Gasteiger partial charge in [0, 0.05) is 18.3 Å². The summed E-state index contributed by atoms with van der Waals surface area (Å²) in [6.45, 7) is 3.44. The van der Waals surface area contributed by atoms with Crippen LogP contribution in [0.4, 0.5) is 4.39 Å². The first-order valence-corrected chi connectivity index (χ1v) is 11.5. The summed E-state index contributed by atoms with van der Waals surface area (Å²) in [6, 6.07) is 12.4. The average Bonchev–Trinajstić information content (AvgIpc) is 3.21. The molecular weight excluding hydrogens is 431 g/mol. The lowest BCUT2D eigenvalue weighted by Crippen LogP contribution is -2.22. The second-order valence-corrected chi connectivity index (χ2v) is 10.1. The predicted octanol–water partition coefficient (Wildman–Crippen LogP) is 3.88. The lowest BCUT2D eigenvalue weighted by atomic mass is 10.1. The molecule has 4 aromatic rings. The summed E-state index contributed by atoms with van der Waals surface area (Å²) in [5, 5.41) is 2.24. The number of nitrogens with zero attached hydrogens (tertiary/aromatic N) is 2. The topological polar surface area (TPSA) is 105 Å². The van der Waals surface area contributed by atoms with E-state index in [-0.39, 0.29) is 23.2 Å². The molecule has 0 saturated heterocycles. The quantitative estimate of drug-likeness (QED) is 0.462. The van der Waals surface area contributed by atoms with Crippen LogP contribution in [-0.4, -0.2) is 34.5 Å². The summed E-state index contributed by atoms with van der Waals surface area (Å²) < 4.78 is 38.0. The van der Waals surface area contributed by atoms with Crippen molar-refractivity contribution in [3.8, 4) is 11.3 Å². The van der Waals surface area contributed by atoms with E-state index in [4.69, 9.17) is 0 Å². The molecule has 2 aromatic carbocycles. The molecule has 4 rings (SSSR count). The largest absolute Gasteiger partial charge is 0.348 e. The number of sulfone groups is 1. The number of aromatic amines is 1. The number of carbonyl (C=O) groups excluding carboxylic acids is 1. The van der Waals surface area contributed by atoms with Crippen molar-refractivity contribution in [3.63, 3.8) is 0 Å². The Morgan fingerprint density at radius 2 is 1.91 bits per heavy atom. The number of amides is 1. The van der Waals surface area contributed by atoms with E-state index in [1.54, 1.807) is 56.4 Å². The molecule has 0 unspecified atom stereocenters. The number of fused-ring (bicyclic) bond motifs is 1. The number of hydrogen-bond donors (Lipinski definition) is 2. The van der Waals surface area contributed by atoms with Gasteiger partial charge < -0.3 is 10.3 Å². The molecule has 32 heavy (non-hydrogen) atoms. The van der Waals surface area contributed by atoms with E-state index in [2.05, 4.69) is 20.3 Å². The summed E-state index contributed by atoms with van der Waals surface area (Å²) in [7, 11) is -3.37. The van der Waals surface area contributed by atoms with Gasteiger partial charge >= 0.3 is 0 Å². The van der Waals surface area contributed by atoms with Crippen LogP contribution in [-0.2, 0) is 16.4 Å². The summed E-state index contributed by atoms with van der Waals surface area (Å²) >= 11 is 0. The van der Waals surface area contributed by atoms with Gasteiger partial charge in [0.15, 0.2) is 15.5 Å². The summed E-state index contributed by atoms with van der Waals surface area (Å²) in [5.41, 5.74) is 2.96. The molecule has 1 amide bonds.